The number of nitrogens with one attached hydrogen (secondary N) is 2. The second-order valence-electron chi connectivity index (χ2n) is 4.74. The molecule has 1 unspecified atom stereocenters. The van der Waals surface area contributed by atoms with Crippen LogP contribution in [0.15, 0.2) is 24.3 Å². The van der Waals surface area contributed by atoms with Gasteiger partial charge in [0.2, 0.25) is 11.9 Å². The Labute approximate surface area is 117 Å². The maximum absolute atomic E-state index is 11.8. The summed E-state index contributed by atoms with van der Waals surface area (Å²) in [6, 6.07) is 5.50. The quantitative estimate of drug-likeness (QED) is 0.708. The number of carbonyl (C=O) groups is 3. The number of anilines is 1. The maximum atomic E-state index is 11.8. The van der Waals surface area contributed by atoms with Crippen LogP contribution in [0.4, 0.5) is 5.69 Å². The van der Waals surface area contributed by atoms with Gasteiger partial charge in [0.25, 0.3) is 5.91 Å². The van der Waals surface area contributed by atoms with Crippen molar-refractivity contribution in [3.8, 4) is 0 Å². The Balaban J connectivity index is 2.77. The summed E-state index contributed by atoms with van der Waals surface area (Å²) in [4.78, 5) is 33.6. The fraction of sp³-hybridized carbons (Fsp3) is 0.357. The van der Waals surface area contributed by atoms with Crippen LogP contribution in [0.3, 0.4) is 0 Å². The Hall–Kier alpha value is -2.37. The van der Waals surface area contributed by atoms with Crippen LogP contribution in [0.25, 0.3) is 0 Å². The normalized spacial score (nSPS) is 11.8. The summed E-state index contributed by atoms with van der Waals surface area (Å²) in [7, 11) is 0. The minimum atomic E-state index is -1.60. The predicted octanol–water partition coefficient (Wildman–Crippen LogP) is 1.34. The molecule has 0 saturated heterocycles. The first-order valence-corrected chi connectivity index (χ1v) is 6.22. The van der Waals surface area contributed by atoms with Gasteiger partial charge in [-0.2, -0.15) is 0 Å². The molecule has 0 saturated carbocycles. The van der Waals surface area contributed by atoms with E-state index in [2.05, 4.69) is 10.6 Å². The Bertz CT molecular complexity index is 508. The summed E-state index contributed by atoms with van der Waals surface area (Å²) in [6.45, 7) is 5.25. The number of hydrogen-bond donors (Lipinski definition) is 3. The van der Waals surface area contributed by atoms with E-state index in [1.165, 1.54) is 0 Å². The van der Waals surface area contributed by atoms with Crippen LogP contribution in [0.2, 0.25) is 0 Å². The number of carbonyl (C=O) groups excluding carboxylic acids is 2. The first kappa shape index (κ1) is 15.7. The molecule has 6 heteroatoms. The molecule has 0 aromatic heterocycles. The molecule has 2 amide bonds. The van der Waals surface area contributed by atoms with Crippen molar-refractivity contribution >= 4 is 23.5 Å². The SMILES string of the molecule is CC(=O)NC(C(=O)O)C(=O)Nc1ccc(C(C)C)cc1. The van der Waals surface area contributed by atoms with Crippen molar-refractivity contribution in [2.75, 3.05) is 5.32 Å². The molecule has 0 bridgehead atoms. The van der Waals surface area contributed by atoms with Gasteiger partial charge in [-0.25, -0.2) is 4.79 Å². The number of carboxylic acids is 1. The zero-order valence-electron chi connectivity index (χ0n) is 11.6. The standard InChI is InChI=1S/C14H18N2O4/c1-8(2)10-4-6-11(7-5-10)16-13(18)12(14(19)20)15-9(3)17/h4-8,12H,1-3H3,(H,15,17)(H,16,18)(H,19,20). The van der Waals surface area contributed by atoms with Crippen molar-refractivity contribution in [1.29, 1.82) is 0 Å². The molecule has 0 aliphatic carbocycles. The van der Waals surface area contributed by atoms with Crippen LogP contribution in [0.5, 0.6) is 0 Å². The van der Waals surface area contributed by atoms with Crippen LogP contribution < -0.4 is 10.6 Å². The Kier molecular flexibility index (Phi) is 5.25. The average molecular weight is 278 g/mol. The van der Waals surface area contributed by atoms with E-state index in [4.69, 9.17) is 5.11 Å². The van der Waals surface area contributed by atoms with Gasteiger partial charge in [0.1, 0.15) is 0 Å². The summed E-state index contributed by atoms with van der Waals surface area (Å²) >= 11 is 0. The van der Waals surface area contributed by atoms with E-state index < -0.39 is 23.8 Å². The molecule has 0 aliphatic heterocycles. The van der Waals surface area contributed by atoms with E-state index in [1.54, 1.807) is 12.1 Å². The van der Waals surface area contributed by atoms with Gasteiger partial charge in [0, 0.05) is 12.6 Å². The van der Waals surface area contributed by atoms with Gasteiger partial charge >= 0.3 is 5.97 Å². The Morgan fingerprint density at radius 2 is 1.65 bits per heavy atom. The third-order valence-corrected chi connectivity index (χ3v) is 2.70. The minimum Gasteiger partial charge on any atom is -0.479 e. The molecule has 0 heterocycles. The van der Waals surface area contributed by atoms with E-state index in [1.807, 2.05) is 26.0 Å². The van der Waals surface area contributed by atoms with Crippen molar-refractivity contribution < 1.29 is 19.5 Å². The van der Waals surface area contributed by atoms with E-state index in [0.717, 1.165) is 12.5 Å². The average Bonchev–Trinajstić information content (AvgIpc) is 2.35. The van der Waals surface area contributed by atoms with Crippen molar-refractivity contribution in [1.82, 2.24) is 5.32 Å². The van der Waals surface area contributed by atoms with Crippen LogP contribution >= 0.6 is 0 Å². The van der Waals surface area contributed by atoms with Gasteiger partial charge < -0.3 is 15.7 Å². The molecule has 108 valence electrons. The number of rotatable bonds is 5. The summed E-state index contributed by atoms with van der Waals surface area (Å²) in [5.74, 6) is -2.41. The third-order valence-electron chi connectivity index (χ3n) is 2.70. The highest BCUT2D eigenvalue weighted by molar-refractivity contribution is 6.09. The van der Waals surface area contributed by atoms with Crippen LogP contribution in [-0.2, 0) is 14.4 Å². The van der Waals surface area contributed by atoms with Crippen molar-refractivity contribution in [2.24, 2.45) is 0 Å². The Morgan fingerprint density at radius 3 is 2.05 bits per heavy atom. The minimum absolute atomic E-state index is 0.367. The first-order chi connectivity index (χ1) is 9.31. The second-order valence-corrected chi connectivity index (χ2v) is 4.74. The molecule has 1 rings (SSSR count). The number of hydrogen-bond acceptors (Lipinski definition) is 3. The van der Waals surface area contributed by atoms with Gasteiger partial charge in [0.05, 0.1) is 0 Å². The van der Waals surface area contributed by atoms with E-state index in [9.17, 15) is 14.4 Å². The lowest BCUT2D eigenvalue weighted by molar-refractivity contribution is -0.144. The molecular formula is C14H18N2O4. The zero-order valence-corrected chi connectivity index (χ0v) is 11.6. The lowest BCUT2D eigenvalue weighted by atomic mass is 10.0. The lowest BCUT2D eigenvalue weighted by Gasteiger charge is -2.14. The smallest absolute Gasteiger partial charge is 0.336 e. The molecule has 1 aromatic rings. The van der Waals surface area contributed by atoms with E-state index >= 15 is 0 Å². The summed E-state index contributed by atoms with van der Waals surface area (Å²) in [5, 5.41) is 13.5. The highest BCUT2D eigenvalue weighted by atomic mass is 16.4. The molecule has 1 atom stereocenters. The van der Waals surface area contributed by atoms with Crippen LogP contribution in [0.1, 0.15) is 32.3 Å². The fourth-order valence-electron chi connectivity index (χ4n) is 1.61. The monoisotopic (exact) mass is 278 g/mol. The molecule has 20 heavy (non-hydrogen) atoms. The van der Waals surface area contributed by atoms with Gasteiger partial charge in [-0.1, -0.05) is 26.0 Å². The van der Waals surface area contributed by atoms with E-state index in [0.29, 0.717) is 11.6 Å². The first-order valence-electron chi connectivity index (χ1n) is 6.22. The molecule has 1 aromatic carbocycles. The van der Waals surface area contributed by atoms with Gasteiger partial charge in [-0.15, -0.1) is 0 Å². The van der Waals surface area contributed by atoms with Crippen LogP contribution in [0, 0.1) is 0 Å². The lowest BCUT2D eigenvalue weighted by Crippen LogP contribution is -2.48. The van der Waals surface area contributed by atoms with Crippen molar-refractivity contribution in [3.05, 3.63) is 29.8 Å². The molecule has 0 spiro atoms. The summed E-state index contributed by atoms with van der Waals surface area (Å²) in [6.07, 6.45) is 0. The van der Waals surface area contributed by atoms with Gasteiger partial charge in [-0.3, -0.25) is 9.59 Å². The topological polar surface area (TPSA) is 95.5 Å². The van der Waals surface area contributed by atoms with Crippen molar-refractivity contribution in [2.45, 2.75) is 32.7 Å². The van der Waals surface area contributed by atoms with E-state index in [-0.39, 0.29) is 0 Å². The summed E-state index contributed by atoms with van der Waals surface area (Å²) < 4.78 is 0. The number of aliphatic carboxylic acids is 1. The predicted molar refractivity (Wildman–Crippen MR) is 74.4 cm³/mol. The van der Waals surface area contributed by atoms with Crippen molar-refractivity contribution in [3.63, 3.8) is 0 Å². The Morgan fingerprint density at radius 1 is 1.10 bits per heavy atom. The molecule has 0 radical (unpaired) electrons. The number of benzene rings is 1. The molecule has 0 fully saturated rings. The fourth-order valence-corrected chi connectivity index (χ4v) is 1.61. The van der Waals surface area contributed by atoms with Crippen LogP contribution in [-0.4, -0.2) is 28.9 Å². The third kappa shape index (κ3) is 4.38. The number of carboxylic acid groups (broad SMARTS) is 1. The van der Waals surface area contributed by atoms with Gasteiger partial charge in [0.15, 0.2) is 0 Å². The molecule has 0 aliphatic rings. The molecular weight excluding hydrogens is 260 g/mol. The second kappa shape index (κ2) is 6.70. The molecule has 6 nitrogen and oxygen atoms in total. The van der Waals surface area contributed by atoms with Gasteiger partial charge in [-0.05, 0) is 23.6 Å². The maximum Gasteiger partial charge on any atom is 0.336 e. The largest absolute Gasteiger partial charge is 0.479 e. The summed E-state index contributed by atoms with van der Waals surface area (Å²) in [5.41, 5.74) is 1.59. The number of amides is 2. The zero-order chi connectivity index (χ0) is 15.3. The highest BCUT2D eigenvalue weighted by Gasteiger charge is 2.27. The highest BCUT2D eigenvalue weighted by Crippen LogP contribution is 2.17. The molecule has 3 N–H and O–H groups in total.